The van der Waals surface area contributed by atoms with Gasteiger partial charge in [0.1, 0.15) is 0 Å². The second-order valence-corrected chi connectivity index (χ2v) is 8.50. The minimum atomic E-state index is -2.95. The molecule has 2 atom stereocenters. The Kier molecular flexibility index (Phi) is 3.78. The van der Waals surface area contributed by atoms with E-state index in [9.17, 15) is 13.2 Å². The first kappa shape index (κ1) is 14.6. The van der Waals surface area contributed by atoms with Gasteiger partial charge in [0.2, 0.25) is 5.91 Å². The average Bonchev–Trinajstić information content (AvgIpc) is 2.73. The second-order valence-electron chi connectivity index (χ2n) is 6.27. The van der Waals surface area contributed by atoms with Crippen LogP contribution in [0.4, 0.5) is 5.69 Å². The van der Waals surface area contributed by atoms with E-state index in [0.29, 0.717) is 12.8 Å². The van der Waals surface area contributed by atoms with E-state index in [1.165, 1.54) is 5.56 Å². The SMILES string of the molecule is CC1Cc2ccccc2N1C(=O)CC1CCCS(=O)(=O)C1. The molecule has 0 aromatic heterocycles. The quantitative estimate of drug-likeness (QED) is 0.841. The Morgan fingerprint density at radius 3 is 2.86 bits per heavy atom. The summed E-state index contributed by atoms with van der Waals surface area (Å²) >= 11 is 0. The van der Waals surface area contributed by atoms with Crippen molar-refractivity contribution in [2.45, 2.75) is 38.6 Å². The number of carbonyl (C=O) groups is 1. The minimum Gasteiger partial charge on any atom is -0.309 e. The Balaban J connectivity index is 1.74. The van der Waals surface area contributed by atoms with Gasteiger partial charge < -0.3 is 4.90 Å². The van der Waals surface area contributed by atoms with E-state index in [2.05, 4.69) is 13.0 Å². The first-order chi connectivity index (χ1) is 9.96. The van der Waals surface area contributed by atoms with Gasteiger partial charge in [-0.15, -0.1) is 0 Å². The smallest absolute Gasteiger partial charge is 0.227 e. The van der Waals surface area contributed by atoms with Crippen LogP contribution in [0.5, 0.6) is 0 Å². The largest absolute Gasteiger partial charge is 0.309 e. The average molecular weight is 307 g/mol. The highest BCUT2D eigenvalue weighted by Gasteiger charge is 2.33. The summed E-state index contributed by atoms with van der Waals surface area (Å²) in [6.07, 6.45) is 2.75. The van der Waals surface area contributed by atoms with Crippen LogP contribution in [0.15, 0.2) is 24.3 Å². The zero-order chi connectivity index (χ0) is 15.0. The van der Waals surface area contributed by atoms with Gasteiger partial charge in [0.05, 0.1) is 11.5 Å². The lowest BCUT2D eigenvalue weighted by atomic mass is 10.0. The number of anilines is 1. The van der Waals surface area contributed by atoms with Gasteiger partial charge in [-0.2, -0.15) is 0 Å². The lowest BCUT2D eigenvalue weighted by Crippen LogP contribution is -2.38. The van der Waals surface area contributed by atoms with Gasteiger partial charge in [-0.1, -0.05) is 18.2 Å². The van der Waals surface area contributed by atoms with E-state index in [-0.39, 0.29) is 29.4 Å². The monoisotopic (exact) mass is 307 g/mol. The van der Waals surface area contributed by atoms with E-state index in [0.717, 1.165) is 18.5 Å². The molecule has 0 spiro atoms. The van der Waals surface area contributed by atoms with Crippen molar-refractivity contribution >= 4 is 21.4 Å². The fourth-order valence-electron chi connectivity index (χ4n) is 3.57. The van der Waals surface area contributed by atoms with Crippen molar-refractivity contribution in [3.05, 3.63) is 29.8 Å². The summed E-state index contributed by atoms with van der Waals surface area (Å²) in [5.41, 5.74) is 2.20. The number of nitrogens with zero attached hydrogens (tertiary/aromatic N) is 1. The summed E-state index contributed by atoms with van der Waals surface area (Å²) in [5.74, 6) is 0.495. The molecule has 2 aliphatic heterocycles. The van der Waals surface area contributed by atoms with Gasteiger partial charge in [-0.25, -0.2) is 8.42 Å². The minimum absolute atomic E-state index is 0.0174. The Morgan fingerprint density at radius 1 is 1.33 bits per heavy atom. The van der Waals surface area contributed by atoms with E-state index < -0.39 is 9.84 Å². The molecular weight excluding hydrogens is 286 g/mol. The number of benzene rings is 1. The highest BCUT2D eigenvalue weighted by Crippen LogP contribution is 2.33. The lowest BCUT2D eigenvalue weighted by Gasteiger charge is -2.27. The van der Waals surface area contributed by atoms with Crippen molar-refractivity contribution in [3.8, 4) is 0 Å². The molecule has 21 heavy (non-hydrogen) atoms. The molecule has 2 heterocycles. The van der Waals surface area contributed by atoms with Crippen molar-refractivity contribution in [2.24, 2.45) is 5.92 Å². The second kappa shape index (κ2) is 5.44. The molecule has 0 aliphatic carbocycles. The van der Waals surface area contributed by atoms with Crippen LogP contribution in [-0.4, -0.2) is 31.9 Å². The molecule has 5 heteroatoms. The third-order valence-electron chi connectivity index (χ3n) is 4.50. The number of rotatable bonds is 2. The number of hydrogen-bond donors (Lipinski definition) is 0. The normalized spacial score (nSPS) is 27.4. The third-order valence-corrected chi connectivity index (χ3v) is 6.39. The van der Waals surface area contributed by atoms with E-state index in [1.807, 2.05) is 23.1 Å². The molecule has 1 saturated heterocycles. The maximum Gasteiger partial charge on any atom is 0.227 e. The van der Waals surface area contributed by atoms with Gasteiger partial charge in [0, 0.05) is 18.2 Å². The third kappa shape index (κ3) is 2.98. The molecule has 1 amide bonds. The summed E-state index contributed by atoms with van der Waals surface area (Å²) in [5, 5.41) is 0. The van der Waals surface area contributed by atoms with Crippen LogP contribution in [-0.2, 0) is 21.1 Å². The molecule has 0 bridgehead atoms. The molecule has 114 valence electrons. The molecule has 0 radical (unpaired) electrons. The van der Waals surface area contributed by atoms with E-state index in [4.69, 9.17) is 0 Å². The molecular formula is C16H21NO3S. The zero-order valence-corrected chi connectivity index (χ0v) is 13.1. The van der Waals surface area contributed by atoms with E-state index >= 15 is 0 Å². The van der Waals surface area contributed by atoms with Crippen LogP contribution < -0.4 is 4.90 Å². The Labute approximate surface area is 126 Å². The standard InChI is InChI=1S/C16H21NO3S/c1-12-9-14-6-2-3-7-15(14)17(12)16(18)10-13-5-4-8-21(19,20)11-13/h2-3,6-7,12-13H,4-5,8-11H2,1H3. The summed E-state index contributed by atoms with van der Waals surface area (Å²) in [7, 11) is -2.95. The van der Waals surface area contributed by atoms with Crippen LogP contribution in [0, 0.1) is 5.92 Å². The highest BCUT2D eigenvalue weighted by atomic mass is 32.2. The van der Waals surface area contributed by atoms with Crippen LogP contribution in [0.25, 0.3) is 0 Å². The van der Waals surface area contributed by atoms with Gasteiger partial charge in [0.15, 0.2) is 9.84 Å². The number of para-hydroxylation sites is 1. The summed E-state index contributed by atoms with van der Waals surface area (Å²) in [6, 6.07) is 8.14. The molecule has 2 aliphatic rings. The van der Waals surface area contributed by atoms with Gasteiger partial charge in [-0.3, -0.25) is 4.79 Å². The van der Waals surface area contributed by atoms with Gasteiger partial charge >= 0.3 is 0 Å². The van der Waals surface area contributed by atoms with E-state index in [1.54, 1.807) is 0 Å². The predicted octanol–water partition coefficient (Wildman–Crippen LogP) is 2.18. The topological polar surface area (TPSA) is 54.5 Å². The summed E-state index contributed by atoms with van der Waals surface area (Å²) in [6.45, 7) is 2.05. The van der Waals surface area contributed by atoms with Crippen molar-refractivity contribution < 1.29 is 13.2 Å². The molecule has 0 saturated carbocycles. The maximum absolute atomic E-state index is 12.6. The van der Waals surface area contributed by atoms with Crippen molar-refractivity contribution in [2.75, 3.05) is 16.4 Å². The molecule has 1 aromatic carbocycles. The van der Waals surface area contributed by atoms with Crippen molar-refractivity contribution in [1.82, 2.24) is 0 Å². The molecule has 1 aromatic rings. The summed E-state index contributed by atoms with van der Waals surface area (Å²) in [4.78, 5) is 14.5. The molecule has 1 fully saturated rings. The van der Waals surface area contributed by atoms with Crippen LogP contribution in [0.2, 0.25) is 0 Å². The zero-order valence-electron chi connectivity index (χ0n) is 12.3. The lowest BCUT2D eigenvalue weighted by molar-refractivity contribution is -0.119. The predicted molar refractivity (Wildman–Crippen MR) is 83.1 cm³/mol. The van der Waals surface area contributed by atoms with Crippen LogP contribution in [0.1, 0.15) is 31.7 Å². The van der Waals surface area contributed by atoms with Gasteiger partial charge in [0.25, 0.3) is 0 Å². The Bertz CT molecular complexity index is 653. The highest BCUT2D eigenvalue weighted by molar-refractivity contribution is 7.91. The number of amides is 1. The van der Waals surface area contributed by atoms with Crippen LogP contribution in [0.3, 0.4) is 0 Å². The number of hydrogen-bond acceptors (Lipinski definition) is 3. The molecule has 2 unspecified atom stereocenters. The number of sulfone groups is 1. The van der Waals surface area contributed by atoms with Crippen LogP contribution >= 0.6 is 0 Å². The number of carbonyl (C=O) groups excluding carboxylic acids is 1. The fraction of sp³-hybridized carbons (Fsp3) is 0.562. The fourth-order valence-corrected chi connectivity index (χ4v) is 5.35. The first-order valence-electron chi connectivity index (χ1n) is 7.57. The molecule has 4 nitrogen and oxygen atoms in total. The van der Waals surface area contributed by atoms with Gasteiger partial charge in [-0.05, 0) is 43.7 Å². The Morgan fingerprint density at radius 2 is 2.10 bits per heavy atom. The maximum atomic E-state index is 12.6. The number of fused-ring (bicyclic) bond motifs is 1. The van der Waals surface area contributed by atoms with Crippen molar-refractivity contribution in [1.29, 1.82) is 0 Å². The molecule has 3 rings (SSSR count). The first-order valence-corrected chi connectivity index (χ1v) is 9.39. The summed E-state index contributed by atoms with van der Waals surface area (Å²) < 4.78 is 23.4. The van der Waals surface area contributed by atoms with Crippen molar-refractivity contribution in [3.63, 3.8) is 0 Å². The molecule has 0 N–H and O–H groups in total. The Hall–Kier alpha value is -1.36.